The minimum Gasteiger partial charge on any atom is -0.452 e. The number of amides is 1. The lowest BCUT2D eigenvalue weighted by atomic mass is 9.79. The quantitative estimate of drug-likeness (QED) is 0.401. The highest BCUT2D eigenvalue weighted by atomic mass is 32.1. The first-order valence-electron chi connectivity index (χ1n) is 10.8. The molecule has 0 radical (unpaired) electrons. The second-order valence-corrected chi connectivity index (χ2v) is 10.1. The maximum Gasteiger partial charge on any atom is 0.338 e. The van der Waals surface area contributed by atoms with Gasteiger partial charge < -0.3 is 4.74 Å². The number of halogens is 2. The van der Waals surface area contributed by atoms with Gasteiger partial charge in [0, 0.05) is 21.7 Å². The topological polar surface area (TPSA) is 59.0 Å². The molecular formula is C25H20F2N2O3S2. The molecule has 2 aromatic heterocycles. The van der Waals surface area contributed by atoms with Gasteiger partial charge in [-0.3, -0.25) is 4.79 Å². The van der Waals surface area contributed by atoms with E-state index in [0.29, 0.717) is 6.07 Å². The van der Waals surface area contributed by atoms with Crippen molar-refractivity contribution in [1.29, 1.82) is 0 Å². The molecule has 1 fully saturated rings. The van der Waals surface area contributed by atoms with Gasteiger partial charge in [-0.2, -0.15) is 5.10 Å². The van der Waals surface area contributed by atoms with Crippen molar-refractivity contribution in [3.63, 3.8) is 0 Å². The van der Waals surface area contributed by atoms with Crippen LogP contribution in [0.4, 0.5) is 8.78 Å². The van der Waals surface area contributed by atoms with Crippen LogP contribution < -0.4 is 0 Å². The first kappa shape index (κ1) is 22.6. The second-order valence-electron chi connectivity index (χ2n) is 8.10. The van der Waals surface area contributed by atoms with Gasteiger partial charge >= 0.3 is 5.97 Å². The number of hydrogen-bond donors (Lipinski definition) is 0. The molecule has 1 amide bonds. The van der Waals surface area contributed by atoms with Crippen molar-refractivity contribution in [3.05, 3.63) is 85.7 Å². The van der Waals surface area contributed by atoms with Gasteiger partial charge in [0.15, 0.2) is 6.61 Å². The molecule has 1 aliphatic heterocycles. The second kappa shape index (κ2) is 9.60. The van der Waals surface area contributed by atoms with E-state index in [0.717, 1.165) is 52.4 Å². The van der Waals surface area contributed by atoms with Gasteiger partial charge in [-0.1, -0.05) is 12.1 Å². The number of carbonyl (C=O) groups excluding carboxylic acids is 2. The van der Waals surface area contributed by atoms with Crippen molar-refractivity contribution in [3.8, 4) is 0 Å². The van der Waals surface area contributed by atoms with Crippen molar-refractivity contribution >= 4 is 46.3 Å². The maximum atomic E-state index is 13.4. The molecule has 3 heterocycles. The first-order chi connectivity index (χ1) is 16.5. The van der Waals surface area contributed by atoms with E-state index in [2.05, 4.69) is 6.08 Å². The number of benzene rings is 1. The van der Waals surface area contributed by atoms with Gasteiger partial charge in [-0.05, 0) is 65.9 Å². The third-order valence-electron chi connectivity index (χ3n) is 5.88. The summed E-state index contributed by atoms with van der Waals surface area (Å²) < 4.78 is 32.0. The summed E-state index contributed by atoms with van der Waals surface area (Å²) in [6.45, 7) is -0.577. The third-order valence-corrected chi connectivity index (χ3v) is 7.64. The average molecular weight is 499 g/mol. The number of esters is 1. The Morgan fingerprint density at radius 3 is 2.59 bits per heavy atom. The fraction of sp³-hybridized carbons (Fsp3) is 0.240. The van der Waals surface area contributed by atoms with Crippen LogP contribution in [-0.4, -0.2) is 29.2 Å². The Morgan fingerprint density at radius 1 is 1.12 bits per heavy atom. The molecule has 1 aliphatic carbocycles. The van der Waals surface area contributed by atoms with Gasteiger partial charge in [0.1, 0.15) is 11.6 Å². The molecule has 2 atom stereocenters. The van der Waals surface area contributed by atoms with E-state index >= 15 is 0 Å². The van der Waals surface area contributed by atoms with E-state index in [1.54, 1.807) is 22.7 Å². The van der Waals surface area contributed by atoms with Crippen LogP contribution in [0.3, 0.4) is 0 Å². The lowest BCUT2D eigenvalue weighted by Crippen LogP contribution is -2.34. The van der Waals surface area contributed by atoms with Crippen molar-refractivity contribution in [2.75, 3.05) is 6.61 Å². The summed E-state index contributed by atoms with van der Waals surface area (Å²) in [5.41, 5.74) is 1.72. The molecule has 1 aromatic carbocycles. The van der Waals surface area contributed by atoms with E-state index in [4.69, 9.17) is 9.84 Å². The fourth-order valence-corrected chi connectivity index (χ4v) is 6.00. The molecular weight excluding hydrogens is 478 g/mol. The molecule has 2 aliphatic rings. The van der Waals surface area contributed by atoms with Crippen LogP contribution in [0, 0.1) is 17.6 Å². The van der Waals surface area contributed by atoms with Gasteiger partial charge in [0.05, 0.1) is 17.3 Å². The number of ether oxygens (including phenoxy) is 1. The lowest BCUT2D eigenvalue weighted by molar-refractivity contribution is -0.136. The lowest BCUT2D eigenvalue weighted by Gasteiger charge is -2.28. The van der Waals surface area contributed by atoms with Gasteiger partial charge in [-0.15, -0.1) is 22.7 Å². The van der Waals surface area contributed by atoms with E-state index in [9.17, 15) is 18.4 Å². The van der Waals surface area contributed by atoms with E-state index < -0.39 is 30.1 Å². The summed E-state index contributed by atoms with van der Waals surface area (Å²) >= 11 is 3.20. The molecule has 0 N–H and O–H groups in total. The van der Waals surface area contributed by atoms with Crippen LogP contribution >= 0.6 is 22.7 Å². The van der Waals surface area contributed by atoms with Crippen LogP contribution in [0.25, 0.3) is 6.08 Å². The third kappa shape index (κ3) is 4.58. The number of rotatable bonds is 5. The van der Waals surface area contributed by atoms with Gasteiger partial charge in [-0.25, -0.2) is 18.6 Å². The molecule has 3 aromatic rings. The molecule has 2 unspecified atom stereocenters. The zero-order valence-corrected chi connectivity index (χ0v) is 19.6. The highest BCUT2D eigenvalue weighted by molar-refractivity contribution is 7.11. The Balaban J connectivity index is 1.39. The smallest absolute Gasteiger partial charge is 0.338 e. The van der Waals surface area contributed by atoms with Crippen LogP contribution in [-0.2, 0) is 9.53 Å². The minimum absolute atomic E-state index is 0.0515. The Labute approximate surface area is 203 Å². The number of carbonyl (C=O) groups is 2. The Hall–Kier alpha value is -3.17. The number of nitrogens with zero attached hydrogens (tertiary/aromatic N) is 2. The van der Waals surface area contributed by atoms with Crippen molar-refractivity contribution < 1.29 is 23.1 Å². The zero-order valence-electron chi connectivity index (χ0n) is 17.9. The summed E-state index contributed by atoms with van der Waals surface area (Å²) in [6, 6.07) is 10.1. The minimum atomic E-state index is -0.970. The predicted molar refractivity (Wildman–Crippen MR) is 128 cm³/mol. The summed E-state index contributed by atoms with van der Waals surface area (Å²) in [7, 11) is 0. The zero-order chi connectivity index (χ0) is 23.7. The maximum absolute atomic E-state index is 13.4. The van der Waals surface area contributed by atoms with Crippen molar-refractivity contribution in [1.82, 2.24) is 5.01 Å². The highest BCUT2D eigenvalue weighted by Gasteiger charge is 2.44. The Morgan fingerprint density at radius 2 is 1.88 bits per heavy atom. The number of fused-ring (bicyclic) bond motifs is 1. The summed E-state index contributed by atoms with van der Waals surface area (Å²) in [5.74, 6) is -3.19. The largest absolute Gasteiger partial charge is 0.452 e. The molecule has 0 bridgehead atoms. The first-order valence-corrected chi connectivity index (χ1v) is 12.6. The summed E-state index contributed by atoms with van der Waals surface area (Å²) in [4.78, 5) is 27.6. The fourth-order valence-electron chi connectivity index (χ4n) is 4.44. The number of hydrogen-bond acceptors (Lipinski definition) is 6. The van der Waals surface area contributed by atoms with E-state index in [1.807, 2.05) is 35.0 Å². The summed E-state index contributed by atoms with van der Waals surface area (Å²) in [5, 5.41) is 10.1. The standard InChI is InChI=1S/C25H20F2N2O3S2/c26-17-10-16(11-18(27)13-17)25(31)32-14-22(30)29-24(21-7-3-9-34-21)20-6-1-4-15(23(20)28-29)12-19-5-2-8-33-19/h2-3,5,7-13,20,24H,1,4,6,14H2. The molecule has 9 heteroatoms. The molecule has 1 saturated carbocycles. The average Bonchev–Trinajstić information content (AvgIpc) is 3.57. The van der Waals surface area contributed by atoms with Crippen LogP contribution in [0.2, 0.25) is 0 Å². The van der Waals surface area contributed by atoms with Crippen LogP contribution in [0.15, 0.2) is 63.9 Å². The normalized spacial score (nSPS) is 20.8. The molecule has 5 rings (SSSR count). The predicted octanol–water partition coefficient (Wildman–Crippen LogP) is 6.07. The molecule has 5 nitrogen and oxygen atoms in total. The van der Waals surface area contributed by atoms with Crippen LogP contribution in [0.5, 0.6) is 0 Å². The number of allylic oxidation sites excluding steroid dienone is 1. The van der Waals surface area contributed by atoms with Gasteiger partial charge in [0.25, 0.3) is 5.91 Å². The highest BCUT2D eigenvalue weighted by Crippen LogP contribution is 2.45. The molecule has 0 saturated heterocycles. The number of thiophene rings is 2. The SMILES string of the molecule is O=C(OCC(=O)N1N=C2C(=Cc3cccs3)CCCC2C1c1cccs1)c1cc(F)cc(F)c1. The van der Waals surface area contributed by atoms with E-state index in [1.165, 1.54) is 5.01 Å². The molecule has 174 valence electrons. The monoisotopic (exact) mass is 498 g/mol. The Bertz CT molecular complexity index is 1250. The Kier molecular flexibility index (Phi) is 6.38. The summed E-state index contributed by atoms with van der Waals surface area (Å²) in [6.07, 6.45) is 4.90. The van der Waals surface area contributed by atoms with Crippen molar-refractivity contribution in [2.45, 2.75) is 25.3 Å². The van der Waals surface area contributed by atoms with E-state index in [-0.39, 0.29) is 17.5 Å². The van der Waals surface area contributed by atoms with Gasteiger partial charge in [0.2, 0.25) is 0 Å². The number of hydrazone groups is 1. The molecule has 34 heavy (non-hydrogen) atoms. The molecule has 0 spiro atoms. The van der Waals surface area contributed by atoms with Crippen molar-refractivity contribution in [2.24, 2.45) is 11.0 Å². The van der Waals surface area contributed by atoms with Crippen LogP contribution in [0.1, 0.15) is 45.4 Å².